The maximum absolute atomic E-state index is 5.96. The van der Waals surface area contributed by atoms with Crippen molar-refractivity contribution < 1.29 is 0 Å². The summed E-state index contributed by atoms with van der Waals surface area (Å²) in [5.41, 5.74) is 9.15. The number of hydrogen-bond donors (Lipinski definition) is 1. The van der Waals surface area contributed by atoms with Crippen molar-refractivity contribution in [3.05, 3.63) is 48.2 Å². The van der Waals surface area contributed by atoms with Crippen molar-refractivity contribution in [2.24, 2.45) is 13.0 Å². The maximum Gasteiger partial charge on any atom is 0.145 e. The quantitative estimate of drug-likeness (QED) is 0.792. The molecule has 3 aromatic rings. The lowest BCUT2D eigenvalue weighted by Gasteiger charge is -2.32. The van der Waals surface area contributed by atoms with E-state index in [4.69, 9.17) is 10.7 Å². The number of fused-ring (bicyclic) bond motifs is 1. The third-order valence-corrected chi connectivity index (χ3v) is 5.14. The second-order valence-corrected chi connectivity index (χ2v) is 6.91. The molecule has 1 aliphatic rings. The van der Waals surface area contributed by atoms with Crippen molar-refractivity contribution >= 4 is 16.9 Å². The minimum atomic E-state index is 0.565. The molecule has 1 aliphatic heterocycles. The molecule has 1 saturated heterocycles. The van der Waals surface area contributed by atoms with Gasteiger partial charge in [0.05, 0.1) is 23.3 Å². The fourth-order valence-electron chi connectivity index (χ4n) is 3.81. The van der Waals surface area contributed by atoms with E-state index in [1.165, 1.54) is 18.4 Å². The zero-order valence-electron chi connectivity index (χ0n) is 14.6. The van der Waals surface area contributed by atoms with Crippen LogP contribution >= 0.6 is 0 Å². The van der Waals surface area contributed by atoms with E-state index in [1.54, 1.807) is 12.4 Å². The number of piperidine rings is 1. The minimum Gasteiger partial charge on any atom is -0.382 e. The molecule has 4 rings (SSSR count). The fourth-order valence-corrected chi connectivity index (χ4v) is 3.81. The number of imidazole rings is 1. The largest absolute Gasteiger partial charge is 0.382 e. The number of hydrogen-bond acceptors (Lipinski definition) is 5. The van der Waals surface area contributed by atoms with Crippen LogP contribution in [0, 0.1) is 5.92 Å². The molecule has 1 atom stereocenters. The van der Waals surface area contributed by atoms with Crippen LogP contribution in [0.4, 0.5) is 5.82 Å². The van der Waals surface area contributed by atoms with Gasteiger partial charge in [-0.15, -0.1) is 0 Å². The average molecular weight is 336 g/mol. The standard InChI is InChI=1S/C19H24N6/c1-24-17-7-3-2-6-15(17)23-18(24)13-25-10-4-5-14(12-25)11-16-19(20)22-9-8-21-16/h2-3,6-9,14H,4-5,10-13H2,1H3,(H2,20,22). The molecule has 0 radical (unpaired) electrons. The SMILES string of the molecule is Cn1c(CN2CCCC(Cc3nccnc3N)C2)nc2ccccc21. The van der Waals surface area contributed by atoms with Gasteiger partial charge in [-0.2, -0.15) is 0 Å². The first-order valence-corrected chi connectivity index (χ1v) is 8.89. The van der Waals surface area contributed by atoms with E-state index in [9.17, 15) is 0 Å². The van der Waals surface area contributed by atoms with Crippen LogP contribution in [0.15, 0.2) is 36.7 Å². The fraction of sp³-hybridized carbons (Fsp3) is 0.421. The molecular weight excluding hydrogens is 312 g/mol. The highest BCUT2D eigenvalue weighted by Gasteiger charge is 2.23. The first-order chi connectivity index (χ1) is 12.2. The van der Waals surface area contributed by atoms with E-state index in [0.717, 1.165) is 43.1 Å². The summed E-state index contributed by atoms with van der Waals surface area (Å²) in [4.78, 5) is 15.9. The predicted octanol–water partition coefficient (Wildman–Crippen LogP) is 2.40. The van der Waals surface area contributed by atoms with E-state index in [2.05, 4.69) is 44.7 Å². The Labute approximate surface area is 147 Å². The van der Waals surface area contributed by atoms with E-state index >= 15 is 0 Å². The first-order valence-electron chi connectivity index (χ1n) is 8.89. The van der Waals surface area contributed by atoms with Gasteiger partial charge in [0.15, 0.2) is 0 Å². The third kappa shape index (κ3) is 3.35. The number of nitrogen functional groups attached to an aromatic ring is 1. The third-order valence-electron chi connectivity index (χ3n) is 5.14. The number of para-hydroxylation sites is 2. The van der Waals surface area contributed by atoms with Crippen molar-refractivity contribution in [1.29, 1.82) is 0 Å². The smallest absolute Gasteiger partial charge is 0.145 e. The van der Waals surface area contributed by atoms with Crippen LogP contribution in [0.1, 0.15) is 24.4 Å². The van der Waals surface area contributed by atoms with Crippen LogP contribution < -0.4 is 5.73 Å². The van der Waals surface area contributed by atoms with Crippen molar-refractivity contribution in [2.45, 2.75) is 25.8 Å². The van der Waals surface area contributed by atoms with Crippen molar-refractivity contribution in [2.75, 3.05) is 18.8 Å². The Morgan fingerprint density at radius 2 is 2.04 bits per heavy atom. The predicted molar refractivity (Wildman–Crippen MR) is 98.9 cm³/mol. The van der Waals surface area contributed by atoms with Gasteiger partial charge >= 0.3 is 0 Å². The number of rotatable bonds is 4. The molecule has 130 valence electrons. The molecule has 1 unspecified atom stereocenters. The van der Waals surface area contributed by atoms with E-state index in [0.29, 0.717) is 11.7 Å². The van der Waals surface area contributed by atoms with Gasteiger partial charge in [-0.1, -0.05) is 12.1 Å². The van der Waals surface area contributed by atoms with Crippen molar-refractivity contribution in [3.63, 3.8) is 0 Å². The number of aryl methyl sites for hydroxylation is 1. The molecule has 1 fully saturated rings. The maximum atomic E-state index is 5.96. The summed E-state index contributed by atoms with van der Waals surface area (Å²) in [6.45, 7) is 3.06. The summed E-state index contributed by atoms with van der Waals surface area (Å²) in [7, 11) is 2.10. The van der Waals surface area contributed by atoms with E-state index < -0.39 is 0 Å². The molecular formula is C19H24N6. The van der Waals surface area contributed by atoms with Gasteiger partial charge < -0.3 is 10.3 Å². The summed E-state index contributed by atoms with van der Waals surface area (Å²) < 4.78 is 2.21. The lowest BCUT2D eigenvalue weighted by atomic mass is 9.93. The Balaban J connectivity index is 1.46. The summed E-state index contributed by atoms with van der Waals surface area (Å²) >= 11 is 0. The van der Waals surface area contributed by atoms with Gasteiger partial charge in [0.25, 0.3) is 0 Å². The van der Waals surface area contributed by atoms with Gasteiger partial charge in [0.2, 0.25) is 0 Å². The molecule has 0 aliphatic carbocycles. The molecule has 6 nitrogen and oxygen atoms in total. The zero-order valence-corrected chi connectivity index (χ0v) is 14.6. The number of anilines is 1. The highest BCUT2D eigenvalue weighted by atomic mass is 15.2. The summed E-state index contributed by atoms with van der Waals surface area (Å²) in [5, 5.41) is 0. The average Bonchev–Trinajstić information content (AvgIpc) is 2.94. The number of benzene rings is 1. The molecule has 1 aromatic carbocycles. The lowest BCUT2D eigenvalue weighted by Crippen LogP contribution is -2.36. The lowest BCUT2D eigenvalue weighted by molar-refractivity contribution is 0.162. The molecule has 2 N–H and O–H groups in total. The Hall–Kier alpha value is -2.47. The van der Waals surface area contributed by atoms with Crippen LogP contribution in [0.25, 0.3) is 11.0 Å². The highest BCUT2D eigenvalue weighted by Crippen LogP contribution is 2.23. The molecule has 3 heterocycles. The van der Waals surface area contributed by atoms with Crippen LogP contribution in [-0.4, -0.2) is 37.5 Å². The van der Waals surface area contributed by atoms with Gasteiger partial charge in [-0.05, 0) is 43.9 Å². The van der Waals surface area contributed by atoms with Gasteiger partial charge in [-0.25, -0.2) is 9.97 Å². The molecule has 0 saturated carbocycles. The molecule has 0 amide bonds. The monoisotopic (exact) mass is 336 g/mol. The normalized spacial score (nSPS) is 18.7. The molecule has 6 heteroatoms. The number of nitrogens with two attached hydrogens (primary N) is 1. The van der Waals surface area contributed by atoms with Crippen LogP contribution in [0.3, 0.4) is 0 Å². The topological polar surface area (TPSA) is 72.9 Å². The number of likely N-dealkylation sites (tertiary alicyclic amines) is 1. The minimum absolute atomic E-state index is 0.565. The summed E-state index contributed by atoms with van der Waals surface area (Å²) in [5.74, 6) is 2.26. The zero-order chi connectivity index (χ0) is 17.2. The first kappa shape index (κ1) is 16.0. The summed E-state index contributed by atoms with van der Waals surface area (Å²) in [6.07, 6.45) is 6.70. The highest BCUT2D eigenvalue weighted by molar-refractivity contribution is 5.75. The van der Waals surface area contributed by atoms with Crippen LogP contribution in [0.5, 0.6) is 0 Å². The van der Waals surface area contributed by atoms with Crippen LogP contribution in [-0.2, 0) is 20.0 Å². The number of aromatic nitrogens is 4. The molecule has 2 aromatic heterocycles. The molecule has 25 heavy (non-hydrogen) atoms. The van der Waals surface area contributed by atoms with Gasteiger partial charge in [0, 0.05) is 26.0 Å². The second kappa shape index (κ2) is 6.80. The Bertz CT molecular complexity index is 871. The van der Waals surface area contributed by atoms with Crippen molar-refractivity contribution in [3.8, 4) is 0 Å². The Morgan fingerprint density at radius 1 is 1.20 bits per heavy atom. The van der Waals surface area contributed by atoms with Crippen LogP contribution in [0.2, 0.25) is 0 Å². The molecule has 0 bridgehead atoms. The van der Waals surface area contributed by atoms with Gasteiger partial charge in [0.1, 0.15) is 11.6 Å². The Morgan fingerprint density at radius 3 is 2.88 bits per heavy atom. The van der Waals surface area contributed by atoms with Gasteiger partial charge in [-0.3, -0.25) is 9.88 Å². The summed E-state index contributed by atoms with van der Waals surface area (Å²) in [6, 6.07) is 8.31. The Kier molecular flexibility index (Phi) is 4.36. The van der Waals surface area contributed by atoms with Crippen molar-refractivity contribution in [1.82, 2.24) is 24.4 Å². The molecule has 0 spiro atoms. The van der Waals surface area contributed by atoms with E-state index in [1.807, 2.05) is 6.07 Å². The second-order valence-electron chi connectivity index (χ2n) is 6.91. The number of nitrogens with zero attached hydrogens (tertiary/aromatic N) is 5. The van der Waals surface area contributed by atoms with E-state index in [-0.39, 0.29) is 0 Å².